The van der Waals surface area contributed by atoms with Crippen LogP contribution < -0.4 is 5.73 Å². The predicted molar refractivity (Wildman–Crippen MR) is 81.5 cm³/mol. The fourth-order valence-electron chi connectivity index (χ4n) is 1.92. The largest absolute Gasteiger partial charge is 0.508 e. The number of carbonyl (C=O) groups is 1. The molecule has 0 saturated heterocycles. The highest BCUT2D eigenvalue weighted by atomic mass is 32.1. The molecule has 3 N–H and O–H groups in total. The van der Waals surface area contributed by atoms with E-state index in [1.54, 1.807) is 31.2 Å². The van der Waals surface area contributed by atoms with Crippen LogP contribution in [0, 0.1) is 0 Å². The van der Waals surface area contributed by atoms with Crippen molar-refractivity contribution in [3.8, 4) is 5.75 Å². The molecule has 0 fully saturated rings. The lowest BCUT2D eigenvalue weighted by molar-refractivity contribution is -0.143. The average Bonchev–Trinajstić information content (AvgIpc) is 2.39. The van der Waals surface area contributed by atoms with E-state index in [9.17, 15) is 9.90 Å². The number of thiocarbonyl (C=S) groups is 1. The van der Waals surface area contributed by atoms with Crippen molar-refractivity contribution in [3.63, 3.8) is 0 Å². The minimum Gasteiger partial charge on any atom is -0.508 e. The van der Waals surface area contributed by atoms with Crippen LogP contribution in [-0.2, 0) is 9.53 Å². The van der Waals surface area contributed by atoms with Crippen LogP contribution in [0.2, 0.25) is 0 Å². The van der Waals surface area contributed by atoms with Gasteiger partial charge in [-0.3, -0.25) is 9.69 Å². The number of rotatable bonds is 7. The zero-order valence-electron chi connectivity index (χ0n) is 11.7. The van der Waals surface area contributed by atoms with Gasteiger partial charge in [0.05, 0.1) is 24.1 Å². The van der Waals surface area contributed by atoms with Gasteiger partial charge in [-0.2, -0.15) is 0 Å². The molecule has 0 heterocycles. The van der Waals surface area contributed by atoms with E-state index in [0.717, 1.165) is 5.56 Å². The predicted octanol–water partition coefficient (Wildman–Crippen LogP) is 1.60. The molecule has 6 heteroatoms. The number of hydrogen-bond donors (Lipinski definition) is 2. The van der Waals surface area contributed by atoms with Crippen LogP contribution in [0.3, 0.4) is 0 Å². The third-order valence-electron chi connectivity index (χ3n) is 2.89. The van der Waals surface area contributed by atoms with Crippen molar-refractivity contribution >= 4 is 23.2 Å². The van der Waals surface area contributed by atoms with Gasteiger partial charge < -0.3 is 15.6 Å². The molecule has 20 heavy (non-hydrogen) atoms. The number of nitrogens with two attached hydrogens (primary N) is 1. The van der Waals surface area contributed by atoms with Crippen molar-refractivity contribution in [2.45, 2.75) is 19.4 Å². The zero-order chi connectivity index (χ0) is 15.1. The van der Waals surface area contributed by atoms with Gasteiger partial charge in [0.2, 0.25) is 0 Å². The standard InChI is InChI=1S/C14H20N2O3S/c1-3-19-12(18)8-9-16(2)13(14(15)20)10-4-6-11(17)7-5-10/h4-7,13,17H,3,8-9H2,1-2H3,(H2,15,20). The minimum atomic E-state index is -0.278. The smallest absolute Gasteiger partial charge is 0.307 e. The molecule has 0 spiro atoms. The molecule has 110 valence electrons. The molecule has 1 unspecified atom stereocenters. The third-order valence-corrected chi connectivity index (χ3v) is 3.12. The van der Waals surface area contributed by atoms with Crippen molar-refractivity contribution in [2.75, 3.05) is 20.2 Å². The maximum absolute atomic E-state index is 11.4. The first kappa shape index (κ1) is 16.4. The summed E-state index contributed by atoms with van der Waals surface area (Å²) in [6.07, 6.45) is 0.279. The van der Waals surface area contributed by atoms with E-state index < -0.39 is 0 Å². The summed E-state index contributed by atoms with van der Waals surface area (Å²) < 4.78 is 4.89. The molecule has 1 aromatic carbocycles. The highest BCUT2D eigenvalue weighted by Crippen LogP contribution is 2.22. The highest BCUT2D eigenvalue weighted by Gasteiger charge is 2.20. The van der Waals surface area contributed by atoms with Gasteiger partial charge in [0.1, 0.15) is 5.75 Å². The molecule has 0 bridgehead atoms. The Morgan fingerprint density at radius 2 is 2.05 bits per heavy atom. The summed E-state index contributed by atoms with van der Waals surface area (Å²) in [5.41, 5.74) is 6.66. The van der Waals surface area contributed by atoms with E-state index in [-0.39, 0.29) is 24.2 Å². The number of phenols is 1. The molecule has 0 aliphatic carbocycles. The van der Waals surface area contributed by atoms with Crippen LogP contribution in [0.5, 0.6) is 5.75 Å². The SMILES string of the molecule is CCOC(=O)CCN(C)C(C(N)=S)c1ccc(O)cc1. The normalized spacial score (nSPS) is 12.2. The molecule has 1 rings (SSSR count). The monoisotopic (exact) mass is 296 g/mol. The number of benzene rings is 1. The van der Waals surface area contributed by atoms with Crippen LogP contribution in [-0.4, -0.2) is 41.2 Å². The van der Waals surface area contributed by atoms with Gasteiger partial charge in [0.25, 0.3) is 0 Å². The molecule has 0 aliphatic heterocycles. The van der Waals surface area contributed by atoms with Crippen LogP contribution in [0.25, 0.3) is 0 Å². The molecule has 0 aromatic heterocycles. The summed E-state index contributed by atoms with van der Waals surface area (Å²) in [5, 5.41) is 9.31. The first-order valence-electron chi connectivity index (χ1n) is 6.39. The summed E-state index contributed by atoms with van der Waals surface area (Å²) >= 11 is 5.10. The molecular weight excluding hydrogens is 276 g/mol. The Kier molecular flexibility index (Phi) is 6.41. The molecule has 5 nitrogen and oxygen atoms in total. The molecule has 1 aromatic rings. The van der Waals surface area contributed by atoms with E-state index in [4.69, 9.17) is 22.7 Å². The lowest BCUT2D eigenvalue weighted by Gasteiger charge is -2.27. The first-order chi connectivity index (χ1) is 9.45. The summed E-state index contributed by atoms with van der Waals surface area (Å²) in [5.74, 6) is -0.0589. The maximum Gasteiger partial charge on any atom is 0.307 e. The van der Waals surface area contributed by atoms with Gasteiger partial charge in [-0.25, -0.2) is 0 Å². The number of phenolic OH excluding ortho intramolecular Hbond substituents is 1. The number of likely N-dealkylation sites (N-methyl/N-ethyl adjacent to an activating group) is 1. The topological polar surface area (TPSA) is 75.8 Å². The Morgan fingerprint density at radius 3 is 2.55 bits per heavy atom. The van der Waals surface area contributed by atoms with Crippen LogP contribution in [0.1, 0.15) is 24.9 Å². The van der Waals surface area contributed by atoms with Crippen LogP contribution in [0.4, 0.5) is 0 Å². The van der Waals surface area contributed by atoms with Gasteiger partial charge >= 0.3 is 5.97 Å². The summed E-state index contributed by atoms with van der Waals surface area (Å²) in [6.45, 7) is 2.64. The van der Waals surface area contributed by atoms with E-state index >= 15 is 0 Å². The highest BCUT2D eigenvalue weighted by molar-refractivity contribution is 7.80. The number of hydrogen-bond acceptors (Lipinski definition) is 5. The molecular formula is C14H20N2O3S. The maximum atomic E-state index is 11.4. The quantitative estimate of drug-likeness (QED) is 0.588. The lowest BCUT2D eigenvalue weighted by atomic mass is 10.1. The van der Waals surface area contributed by atoms with Crippen molar-refractivity contribution in [2.24, 2.45) is 5.73 Å². The first-order valence-corrected chi connectivity index (χ1v) is 6.80. The Labute approximate surface area is 124 Å². The van der Waals surface area contributed by atoms with Crippen molar-refractivity contribution in [1.29, 1.82) is 0 Å². The Morgan fingerprint density at radius 1 is 1.45 bits per heavy atom. The second kappa shape index (κ2) is 7.81. The van der Waals surface area contributed by atoms with Crippen LogP contribution >= 0.6 is 12.2 Å². The van der Waals surface area contributed by atoms with Gasteiger partial charge in [-0.1, -0.05) is 24.4 Å². The van der Waals surface area contributed by atoms with Crippen molar-refractivity contribution in [1.82, 2.24) is 4.90 Å². The Hall–Kier alpha value is -1.66. The zero-order valence-corrected chi connectivity index (χ0v) is 12.5. The number of nitrogens with zero attached hydrogens (tertiary/aromatic N) is 1. The fraction of sp³-hybridized carbons (Fsp3) is 0.429. The fourth-order valence-corrected chi connectivity index (χ4v) is 2.24. The average molecular weight is 296 g/mol. The number of esters is 1. The Balaban J connectivity index is 2.73. The number of aromatic hydroxyl groups is 1. The van der Waals surface area contributed by atoms with Gasteiger partial charge in [0, 0.05) is 6.54 Å². The van der Waals surface area contributed by atoms with Crippen molar-refractivity contribution in [3.05, 3.63) is 29.8 Å². The second-order valence-corrected chi connectivity index (χ2v) is 4.90. The summed E-state index contributed by atoms with van der Waals surface area (Å²) in [7, 11) is 1.84. The van der Waals surface area contributed by atoms with Gasteiger partial charge in [0.15, 0.2) is 0 Å². The minimum absolute atomic E-state index is 0.185. The molecule has 0 aliphatic rings. The molecule has 0 radical (unpaired) electrons. The van der Waals surface area contributed by atoms with Crippen molar-refractivity contribution < 1.29 is 14.6 Å². The van der Waals surface area contributed by atoms with Gasteiger partial charge in [-0.05, 0) is 31.7 Å². The third kappa shape index (κ3) is 4.79. The summed E-state index contributed by atoms with van der Waals surface area (Å²) in [4.78, 5) is 13.6. The summed E-state index contributed by atoms with van der Waals surface area (Å²) in [6, 6.07) is 6.42. The van der Waals surface area contributed by atoms with E-state index in [1.807, 2.05) is 11.9 Å². The lowest BCUT2D eigenvalue weighted by Crippen LogP contribution is -2.35. The van der Waals surface area contributed by atoms with E-state index in [1.165, 1.54) is 0 Å². The number of carbonyl (C=O) groups excluding carboxylic acids is 1. The van der Waals surface area contributed by atoms with E-state index in [2.05, 4.69) is 0 Å². The molecule has 0 amide bonds. The Bertz CT molecular complexity index is 462. The molecule has 0 saturated carbocycles. The molecule has 1 atom stereocenters. The number of ether oxygens (including phenoxy) is 1. The van der Waals surface area contributed by atoms with Crippen LogP contribution in [0.15, 0.2) is 24.3 Å². The van der Waals surface area contributed by atoms with Gasteiger partial charge in [-0.15, -0.1) is 0 Å². The second-order valence-electron chi connectivity index (χ2n) is 4.43. The van der Waals surface area contributed by atoms with E-state index in [0.29, 0.717) is 18.1 Å².